The van der Waals surface area contributed by atoms with E-state index >= 15 is 0 Å². The van der Waals surface area contributed by atoms with Gasteiger partial charge in [0.05, 0.1) is 35.4 Å². The molecule has 0 spiro atoms. The summed E-state index contributed by atoms with van der Waals surface area (Å²) in [5.41, 5.74) is 9.05. The molecule has 0 unspecified atom stereocenters. The summed E-state index contributed by atoms with van der Waals surface area (Å²) in [5.74, 6) is -0.401. The number of carbonyl (C=O) groups excluding carboxylic acids is 1. The minimum Gasteiger partial charge on any atom is -0.462 e. The van der Waals surface area contributed by atoms with Crippen molar-refractivity contribution in [3.8, 4) is 0 Å². The Labute approximate surface area is 117 Å². The van der Waals surface area contributed by atoms with Crippen LogP contribution in [0.5, 0.6) is 0 Å². The van der Waals surface area contributed by atoms with Gasteiger partial charge in [0.25, 0.3) is 0 Å². The number of anilines is 3. The molecule has 0 aliphatic rings. The van der Waals surface area contributed by atoms with Crippen LogP contribution in [0.25, 0.3) is 0 Å². The van der Waals surface area contributed by atoms with E-state index in [1.165, 1.54) is 0 Å². The Morgan fingerprint density at radius 1 is 1.35 bits per heavy atom. The number of aryl methyl sites for hydroxylation is 1. The van der Waals surface area contributed by atoms with Crippen molar-refractivity contribution < 1.29 is 9.53 Å². The molecule has 0 saturated heterocycles. The summed E-state index contributed by atoms with van der Waals surface area (Å²) in [6.45, 7) is 3.99. The molecule has 1 aromatic carbocycles. The number of rotatable bonds is 4. The maximum Gasteiger partial charge on any atom is 0.340 e. The quantitative estimate of drug-likeness (QED) is 0.660. The van der Waals surface area contributed by atoms with Crippen molar-refractivity contribution in [2.75, 3.05) is 17.7 Å². The molecule has 0 amide bonds. The van der Waals surface area contributed by atoms with Crippen LogP contribution in [0.2, 0.25) is 0 Å². The van der Waals surface area contributed by atoms with Crippen molar-refractivity contribution in [2.24, 2.45) is 0 Å². The summed E-state index contributed by atoms with van der Waals surface area (Å²) in [6, 6.07) is 8.89. The van der Waals surface area contributed by atoms with Gasteiger partial charge < -0.3 is 15.8 Å². The first-order chi connectivity index (χ1) is 9.61. The van der Waals surface area contributed by atoms with Crippen LogP contribution >= 0.6 is 0 Å². The lowest BCUT2D eigenvalue weighted by Gasteiger charge is -2.13. The van der Waals surface area contributed by atoms with Crippen molar-refractivity contribution in [2.45, 2.75) is 13.8 Å². The van der Waals surface area contributed by atoms with Crippen LogP contribution in [0.1, 0.15) is 23.0 Å². The number of esters is 1. The van der Waals surface area contributed by atoms with Gasteiger partial charge in [-0.05, 0) is 38.1 Å². The van der Waals surface area contributed by atoms with E-state index in [2.05, 4.69) is 10.3 Å². The van der Waals surface area contributed by atoms with Crippen LogP contribution < -0.4 is 11.1 Å². The minimum atomic E-state index is -0.401. The number of benzene rings is 1. The Morgan fingerprint density at radius 2 is 2.15 bits per heavy atom. The van der Waals surface area contributed by atoms with Crippen molar-refractivity contribution in [1.82, 2.24) is 4.98 Å². The van der Waals surface area contributed by atoms with Crippen LogP contribution in [0.15, 0.2) is 36.5 Å². The van der Waals surface area contributed by atoms with Crippen molar-refractivity contribution in [3.63, 3.8) is 0 Å². The molecule has 0 aliphatic heterocycles. The first-order valence-corrected chi connectivity index (χ1v) is 6.37. The highest BCUT2D eigenvalue weighted by atomic mass is 16.5. The lowest BCUT2D eigenvalue weighted by atomic mass is 10.1. The highest BCUT2D eigenvalue weighted by Gasteiger charge is 2.15. The Kier molecular flexibility index (Phi) is 4.20. The fourth-order valence-corrected chi connectivity index (χ4v) is 1.77. The van der Waals surface area contributed by atoms with Crippen molar-refractivity contribution in [3.05, 3.63) is 47.8 Å². The van der Waals surface area contributed by atoms with Gasteiger partial charge in [-0.25, -0.2) is 4.79 Å². The topological polar surface area (TPSA) is 77.2 Å². The van der Waals surface area contributed by atoms with Crippen LogP contribution in [-0.2, 0) is 4.74 Å². The van der Waals surface area contributed by atoms with Crippen LogP contribution in [0, 0.1) is 6.92 Å². The highest BCUT2D eigenvalue weighted by molar-refractivity contribution is 5.99. The number of nitrogens with zero attached hydrogens (tertiary/aromatic N) is 1. The summed E-state index contributed by atoms with van der Waals surface area (Å²) in [4.78, 5) is 16.1. The number of nitrogen functional groups attached to an aromatic ring is 1. The monoisotopic (exact) mass is 271 g/mol. The number of para-hydroxylation sites is 1. The van der Waals surface area contributed by atoms with Gasteiger partial charge in [0.2, 0.25) is 0 Å². The molecule has 0 fully saturated rings. The van der Waals surface area contributed by atoms with E-state index in [1.54, 1.807) is 31.3 Å². The molecule has 20 heavy (non-hydrogen) atoms. The predicted molar refractivity (Wildman–Crippen MR) is 79.1 cm³/mol. The molecule has 5 heteroatoms. The maximum absolute atomic E-state index is 11.9. The van der Waals surface area contributed by atoms with E-state index < -0.39 is 5.97 Å². The van der Waals surface area contributed by atoms with Crippen molar-refractivity contribution >= 4 is 23.0 Å². The average Bonchev–Trinajstić information content (AvgIpc) is 2.43. The summed E-state index contributed by atoms with van der Waals surface area (Å²) >= 11 is 0. The van der Waals surface area contributed by atoms with Gasteiger partial charge in [-0.15, -0.1) is 0 Å². The maximum atomic E-state index is 11.9. The molecule has 0 radical (unpaired) electrons. The van der Waals surface area contributed by atoms with Crippen LogP contribution in [0.4, 0.5) is 17.1 Å². The van der Waals surface area contributed by atoms with Gasteiger partial charge in [-0.2, -0.15) is 0 Å². The normalized spacial score (nSPS) is 10.1. The molecular formula is C15H17N3O2. The molecule has 2 rings (SSSR count). The van der Waals surface area contributed by atoms with Gasteiger partial charge in [0, 0.05) is 5.69 Å². The number of carbonyl (C=O) groups is 1. The van der Waals surface area contributed by atoms with E-state index in [0.717, 1.165) is 11.4 Å². The van der Waals surface area contributed by atoms with Crippen LogP contribution in [0.3, 0.4) is 0 Å². The second-order valence-corrected chi connectivity index (χ2v) is 4.30. The van der Waals surface area contributed by atoms with Gasteiger partial charge in [-0.3, -0.25) is 4.98 Å². The second-order valence-electron chi connectivity index (χ2n) is 4.30. The molecule has 1 aromatic heterocycles. The average molecular weight is 271 g/mol. The van der Waals surface area contributed by atoms with E-state index in [9.17, 15) is 4.79 Å². The largest absolute Gasteiger partial charge is 0.462 e. The van der Waals surface area contributed by atoms with Gasteiger partial charge in [0.1, 0.15) is 0 Å². The van der Waals surface area contributed by atoms with E-state index in [0.29, 0.717) is 23.5 Å². The number of hydrogen-bond acceptors (Lipinski definition) is 5. The lowest BCUT2D eigenvalue weighted by Crippen LogP contribution is -2.09. The molecule has 0 atom stereocenters. The lowest BCUT2D eigenvalue weighted by molar-refractivity contribution is 0.0527. The van der Waals surface area contributed by atoms with Crippen LogP contribution in [-0.4, -0.2) is 17.6 Å². The smallest absolute Gasteiger partial charge is 0.340 e. The minimum absolute atomic E-state index is 0.319. The zero-order chi connectivity index (χ0) is 14.5. The molecule has 1 heterocycles. The zero-order valence-corrected chi connectivity index (χ0v) is 11.5. The number of aromatic nitrogens is 1. The first kappa shape index (κ1) is 13.9. The van der Waals surface area contributed by atoms with E-state index in [1.807, 2.05) is 19.1 Å². The molecule has 3 N–H and O–H groups in total. The molecule has 2 aromatic rings. The van der Waals surface area contributed by atoms with Gasteiger partial charge in [-0.1, -0.05) is 6.07 Å². The number of nitrogens with two attached hydrogens (primary N) is 1. The molecule has 0 saturated carbocycles. The van der Waals surface area contributed by atoms with Gasteiger partial charge >= 0.3 is 5.97 Å². The Morgan fingerprint density at radius 3 is 2.80 bits per heavy atom. The SMILES string of the molecule is CCOC(=O)c1cccc(N)c1Nc1ccc(C)nc1. The fourth-order valence-electron chi connectivity index (χ4n) is 1.77. The Hall–Kier alpha value is -2.56. The number of hydrogen-bond donors (Lipinski definition) is 2. The number of pyridine rings is 1. The molecule has 0 aliphatic carbocycles. The number of ether oxygens (including phenoxy) is 1. The summed E-state index contributed by atoms with van der Waals surface area (Å²) in [6.07, 6.45) is 1.69. The summed E-state index contributed by atoms with van der Waals surface area (Å²) in [7, 11) is 0. The number of nitrogens with one attached hydrogen (secondary N) is 1. The standard InChI is InChI=1S/C15H17N3O2/c1-3-20-15(19)12-5-4-6-13(16)14(12)18-11-8-7-10(2)17-9-11/h4-9,18H,3,16H2,1-2H3. The Bertz CT molecular complexity index is 609. The summed E-state index contributed by atoms with van der Waals surface area (Å²) in [5, 5.41) is 3.12. The highest BCUT2D eigenvalue weighted by Crippen LogP contribution is 2.27. The van der Waals surface area contributed by atoms with E-state index in [4.69, 9.17) is 10.5 Å². The molecular weight excluding hydrogens is 254 g/mol. The molecule has 5 nitrogen and oxygen atoms in total. The van der Waals surface area contributed by atoms with Crippen molar-refractivity contribution in [1.29, 1.82) is 0 Å². The molecule has 104 valence electrons. The summed E-state index contributed by atoms with van der Waals surface area (Å²) < 4.78 is 5.03. The second kappa shape index (κ2) is 6.06. The van der Waals surface area contributed by atoms with E-state index in [-0.39, 0.29) is 0 Å². The zero-order valence-electron chi connectivity index (χ0n) is 11.5. The first-order valence-electron chi connectivity index (χ1n) is 6.37. The fraction of sp³-hybridized carbons (Fsp3) is 0.200. The van der Waals surface area contributed by atoms with Gasteiger partial charge in [0.15, 0.2) is 0 Å². The Balaban J connectivity index is 2.34. The third kappa shape index (κ3) is 3.06. The molecule has 0 bridgehead atoms. The third-order valence-electron chi connectivity index (χ3n) is 2.77. The predicted octanol–water partition coefficient (Wildman–Crippen LogP) is 2.89. The third-order valence-corrected chi connectivity index (χ3v) is 2.77.